The fraction of sp³-hybridized carbons (Fsp3) is 0.333. The van der Waals surface area contributed by atoms with Gasteiger partial charge in [-0.15, -0.1) is 0 Å². The maximum atomic E-state index is 13.1. The Bertz CT molecular complexity index is 706. The van der Waals surface area contributed by atoms with Crippen LogP contribution in [0, 0.1) is 5.82 Å². The fourth-order valence-corrected chi connectivity index (χ4v) is 3.48. The van der Waals surface area contributed by atoms with Crippen LogP contribution in [0.1, 0.15) is 6.42 Å². The van der Waals surface area contributed by atoms with Gasteiger partial charge in [0.25, 0.3) is 0 Å². The molecule has 0 radical (unpaired) electrons. The van der Waals surface area contributed by atoms with Crippen LogP contribution in [-0.2, 0) is 20.0 Å². The molecule has 0 aliphatic heterocycles. The number of hydrogen-bond acceptors (Lipinski definition) is 5. The van der Waals surface area contributed by atoms with Crippen molar-refractivity contribution in [1.82, 2.24) is 4.72 Å². The minimum Gasteiger partial charge on any atom is -0.396 e. The van der Waals surface area contributed by atoms with Crippen molar-refractivity contribution in [1.29, 1.82) is 0 Å². The monoisotopic (exact) mass is 345 g/mol. The van der Waals surface area contributed by atoms with Gasteiger partial charge in [-0.25, -0.2) is 31.1 Å². The molecule has 0 saturated heterocycles. The van der Waals surface area contributed by atoms with Gasteiger partial charge in [-0.3, -0.25) is 0 Å². The van der Waals surface area contributed by atoms with E-state index in [2.05, 4.69) is 4.72 Å². The van der Waals surface area contributed by atoms with E-state index >= 15 is 0 Å². The highest BCUT2D eigenvalue weighted by molar-refractivity contribution is 7.89. The topological polar surface area (TPSA) is 132 Å². The molecule has 0 unspecified atom stereocenters. The molecule has 5 N–H and O–H groups in total. The molecule has 0 aromatic heterocycles. The van der Waals surface area contributed by atoms with Gasteiger partial charge in [0.05, 0.1) is 16.5 Å². The van der Waals surface area contributed by atoms with Crippen molar-refractivity contribution in [3.63, 3.8) is 0 Å². The number of primary sulfonamides is 1. The summed E-state index contributed by atoms with van der Waals surface area (Å²) in [6.45, 7) is -0.160. The zero-order chi connectivity index (χ0) is 15.6. The molecule has 20 heavy (non-hydrogen) atoms. The van der Waals surface area contributed by atoms with Crippen molar-refractivity contribution in [3.8, 4) is 0 Å². The van der Waals surface area contributed by atoms with E-state index in [-0.39, 0.29) is 34.3 Å². The zero-order valence-electron chi connectivity index (χ0n) is 10.1. The van der Waals surface area contributed by atoms with E-state index in [4.69, 9.17) is 22.5 Å². The van der Waals surface area contributed by atoms with Gasteiger partial charge < -0.3 is 5.73 Å². The molecule has 0 bridgehead atoms. The number of rotatable bonds is 6. The van der Waals surface area contributed by atoms with Crippen LogP contribution in [-0.4, -0.2) is 29.1 Å². The Labute approximate surface area is 121 Å². The van der Waals surface area contributed by atoms with Gasteiger partial charge in [-0.1, -0.05) is 11.6 Å². The Morgan fingerprint density at radius 3 is 2.40 bits per heavy atom. The molecule has 1 aromatic rings. The number of benzene rings is 1. The summed E-state index contributed by atoms with van der Waals surface area (Å²) in [4.78, 5) is -0.381. The first-order valence-corrected chi connectivity index (χ1v) is 8.85. The molecule has 1 rings (SSSR count). The lowest BCUT2D eigenvalue weighted by atomic mass is 10.3. The number of nitrogens with two attached hydrogens (primary N) is 2. The van der Waals surface area contributed by atoms with Crippen LogP contribution < -0.4 is 15.6 Å². The molecule has 7 nitrogen and oxygen atoms in total. The van der Waals surface area contributed by atoms with Gasteiger partial charge in [-0.05, 0) is 18.6 Å². The Morgan fingerprint density at radius 1 is 1.25 bits per heavy atom. The number of sulfonamides is 2. The Morgan fingerprint density at radius 2 is 1.85 bits per heavy atom. The second kappa shape index (κ2) is 6.22. The van der Waals surface area contributed by atoms with Crippen molar-refractivity contribution in [2.24, 2.45) is 5.14 Å². The number of halogens is 2. The molecule has 0 spiro atoms. The summed E-state index contributed by atoms with van der Waals surface area (Å²) < 4.78 is 60.3. The summed E-state index contributed by atoms with van der Waals surface area (Å²) in [5.74, 6) is -1.20. The predicted octanol–water partition coefficient (Wildman–Crippen LogP) is 0.0182. The minimum absolute atomic E-state index is 0.00758. The van der Waals surface area contributed by atoms with Crippen LogP contribution in [0.4, 0.5) is 10.1 Å². The second-order valence-electron chi connectivity index (χ2n) is 3.92. The standard InChI is InChI=1S/C9H13ClFN3O4S2/c10-6-4-7(11)8(12)5-9(6)20(17,18)14-2-1-3-19(13,15)16/h4-5,14H,1-3,12H2,(H2,13,15,16). The number of nitrogens with one attached hydrogen (secondary N) is 1. The van der Waals surface area contributed by atoms with Gasteiger partial charge in [0, 0.05) is 6.54 Å². The van der Waals surface area contributed by atoms with Crippen molar-refractivity contribution in [2.45, 2.75) is 11.3 Å². The Kier molecular flexibility index (Phi) is 5.33. The van der Waals surface area contributed by atoms with Crippen molar-refractivity contribution >= 4 is 37.3 Å². The summed E-state index contributed by atoms with van der Waals surface area (Å²) in [6, 6.07) is 1.68. The number of nitrogen functional groups attached to an aromatic ring is 1. The first-order chi connectivity index (χ1) is 9.03. The molecule has 0 amide bonds. The third-order valence-electron chi connectivity index (χ3n) is 2.24. The Hall–Kier alpha value is -0.940. The van der Waals surface area contributed by atoms with E-state index in [1.165, 1.54) is 0 Å². The predicted molar refractivity (Wildman–Crippen MR) is 73.6 cm³/mol. The van der Waals surface area contributed by atoms with Crippen LogP contribution >= 0.6 is 11.6 Å². The first kappa shape index (κ1) is 17.1. The maximum Gasteiger partial charge on any atom is 0.242 e. The van der Waals surface area contributed by atoms with E-state index in [1.807, 2.05) is 0 Å². The molecular weight excluding hydrogens is 333 g/mol. The molecule has 114 valence electrons. The summed E-state index contributed by atoms with van der Waals surface area (Å²) in [6.07, 6.45) is -0.00758. The normalized spacial score (nSPS) is 12.6. The first-order valence-electron chi connectivity index (χ1n) is 5.27. The lowest BCUT2D eigenvalue weighted by Gasteiger charge is -2.09. The van der Waals surface area contributed by atoms with Gasteiger partial charge in [0.1, 0.15) is 10.7 Å². The van der Waals surface area contributed by atoms with Crippen LogP contribution in [0.15, 0.2) is 17.0 Å². The van der Waals surface area contributed by atoms with Crippen LogP contribution in [0.2, 0.25) is 5.02 Å². The second-order valence-corrected chi connectivity index (χ2v) is 7.80. The number of hydrogen-bond donors (Lipinski definition) is 3. The average Bonchev–Trinajstić information content (AvgIpc) is 2.28. The number of anilines is 1. The third-order valence-corrected chi connectivity index (χ3v) is 5.02. The largest absolute Gasteiger partial charge is 0.396 e. The zero-order valence-corrected chi connectivity index (χ0v) is 12.5. The van der Waals surface area contributed by atoms with Crippen molar-refractivity contribution < 1.29 is 21.2 Å². The summed E-state index contributed by atoms with van der Waals surface area (Å²) in [7, 11) is -7.67. The Balaban J connectivity index is 2.82. The third kappa shape index (κ3) is 4.87. The van der Waals surface area contributed by atoms with Gasteiger partial charge >= 0.3 is 0 Å². The molecule has 0 saturated carbocycles. The minimum atomic E-state index is -4.01. The van der Waals surface area contributed by atoms with E-state index < -0.39 is 25.9 Å². The van der Waals surface area contributed by atoms with Crippen LogP contribution in [0.3, 0.4) is 0 Å². The van der Waals surface area contributed by atoms with E-state index in [1.54, 1.807) is 0 Å². The molecule has 1 aromatic carbocycles. The highest BCUT2D eigenvalue weighted by Crippen LogP contribution is 2.26. The van der Waals surface area contributed by atoms with Gasteiger partial charge in [0.2, 0.25) is 20.0 Å². The van der Waals surface area contributed by atoms with Gasteiger partial charge in [0.15, 0.2) is 0 Å². The molecule has 11 heteroatoms. The summed E-state index contributed by atoms with van der Waals surface area (Å²) >= 11 is 5.64. The smallest absolute Gasteiger partial charge is 0.242 e. The maximum absolute atomic E-state index is 13.1. The molecule has 0 fully saturated rings. The highest BCUT2D eigenvalue weighted by atomic mass is 35.5. The van der Waals surface area contributed by atoms with Crippen LogP contribution in [0.25, 0.3) is 0 Å². The lowest BCUT2D eigenvalue weighted by Crippen LogP contribution is -2.27. The highest BCUT2D eigenvalue weighted by Gasteiger charge is 2.19. The summed E-state index contributed by atoms with van der Waals surface area (Å²) in [5.41, 5.74) is 4.91. The van der Waals surface area contributed by atoms with E-state index in [0.29, 0.717) is 0 Å². The van der Waals surface area contributed by atoms with Crippen LogP contribution in [0.5, 0.6) is 0 Å². The van der Waals surface area contributed by atoms with Crippen molar-refractivity contribution in [3.05, 3.63) is 23.0 Å². The van der Waals surface area contributed by atoms with Gasteiger partial charge in [-0.2, -0.15) is 0 Å². The summed E-state index contributed by atoms with van der Waals surface area (Å²) in [5, 5.41) is 4.45. The molecule has 0 atom stereocenters. The van der Waals surface area contributed by atoms with E-state index in [0.717, 1.165) is 12.1 Å². The van der Waals surface area contributed by atoms with E-state index in [9.17, 15) is 21.2 Å². The SMILES string of the molecule is Nc1cc(S(=O)(=O)NCCCS(N)(=O)=O)c(Cl)cc1F. The molecule has 0 heterocycles. The average molecular weight is 346 g/mol. The lowest BCUT2D eigenvalue weighted by molar-refractivity contribution is 0.576. The molecular formula is C9H13ClFN3O4S2. The van der Waals surface area contributed by atoms with Crippen molar-refractivity contribution in [2.75, 3.05) is 18.0 Å². The molecule has 0 aliphatic rings. The quantitative estimate of drug-likeness (QED) is 0.493. The molecule has 0 aliphatic carbocycles. The fourth-order valence-electron chi connectivity index (χ4n) is 1.31.